The van der Waals surface area contributed by atoms with Gasteiger partial charge in [-0.1, -0.05) is 30.5 Å². The summed E-state index contributed by atoms with van der Waals surface area (Å²) in [5, 5.41) is 7.10. The van der Waals surface area contributed by atoms with Crippen molar-refractivity contribution in [1.82, 2.24) is 5.32 Å². The lowest BCUT2D eigenvalue weighted by Gasteiger charge is -2.28. The number of rotatable bonds is 4. The van der Waals surface area contributed by atoms with Gasteiger partial charge >= 0.3 is 11.8 Å². The van der Waals surface area contributed by atoms with Crippen molar-refractivity contribution in [2.45, 2.75) is 31.1 Å². The molecule has 25 heavy (non-hydrogen) atoms. The van der Waals surface area contributed by atoms with Gasteiger partial charge in [0.05, 0.1) is 5.02 Å². The maximum atomic E-state index is 13.1. The lowest BCUT2D eigenvalue weighted by Crippen LogP contribution is -2.43. The molecule has 0 spiro atoms. The molecule has 1 saturated carbocycles. The van der Waals surface area contributed by atoms with Gasteiger partial charge in [0.25, 0.3) is 0 Å². The molecule has 1 aromatic heterocycles. The van der Waals surface area contributed by atoms with Gasteiger partial charge in [-0.05, 0) is 42.5 Å². The van der Waals surface area contributed by atoms with Gasteiger partial charge in [-0.25, -0.2) is 4.39 Å². The van der Waals surface area contributed by atoms with Crippen molar-refractivity contribution in [3.63, 3.8) is 0 Å². The van der Waals surface area contributed by atoms with Crippen LogP contribution >= 0.6 is 22.9 Å². The van der Waals surface area contributed by atoms with Crippen LogP contribution in [-0.2, 0) is 15.0 Å². The zero-order valence-corrected chi connectivity index (χ0v) is 15.1. The number of carbonyl (C=O) groups is 2. The van der Waals surface area contributed by atoms with Gasteiger partial charge in [0, 0.05) is 22.5 Å². The molecule has 2 N–H and O–H groups in total. The average molecular weight is 381 g/mol. The maximum Gasteiger partial charge on any atom is 0.313 e. The minimum absolute atomic E-state index is 0.0801. The highest BCUT2D eigenvalue weighted by molar-refractivity contribution is 7.10. The van der Waals surface area contributed by atoms with E-state index < -0.39 is 17.6 Å². The molecule has 0 saturated heterocycles. The Morgan fingerprint density at radius 1 is 1.20 bits per heavy atom. The molecule has 2 amide bonds. The first-order chi connectivity index (χ1) is 12.0. The predicted molar refractivity (Wildman–Crippen MR) is 97.5 cm³/mol. The zero-order chi connectivity index (χ0) is 17.9. The number of carbonyl (C=O) groups excluding carboxylic acids is 2. The number of thiophene rings is 1. The van der Waals surface area contributed by atoms with E-state index in [1.807, 2.05) is 11.4 Å². The Kier molecular flexibility index (Phi) is 5.39. The molecule has 0 atom stereocenters. The molecular weight excluding hydrogens is 363 g/mol. The van der Waals surface area contributed by atoms with Crippen molar-refractivity contribution in [3.8, 4) is 0 Å². The smallest absolute Gasteiger partial charge is 0.313 e. The molecule has 3 rings (SSSR count). The molecule has 132 valence electrons. The van der Waals surface area contributed by atoms with E-state index in [1.165, 1.54) is 17.0 Å². The summed E-state index contributed by atoms with van der Waals surface area (Å²) in [5.74, 6) is -2.08. The summed E-state index contributed by atoms with van der Waals surface area (Å²) < 4.78 is 13.1. The number of halogens is 2. The van der Waals surface area contributed by atoms with Crippen LogP contribution in [0.2, 0.25) is 5.02 Å². The third-order valence-corrected chi connectivity index (χ3v) is 5.98. The minimum Gasteiger partial charge on any atom is -0.347 e. The molecule has 0 bridgehead atoms. The Balaban J connectivity index is 1.61. The first-order valence-corrected chi connectivity index (χ1v) is 9.34. The van der Waals surface area contributed by atoms with Crippen LogP contribution < -0.4 is 10.6 Å². The highest BCUT2D eigenvalue weighted by Gasteiger charge is 2.37. The minimum atomic E-state index is -0.790. The van der Waals surface area contributed by atoms with E-state index in [-0.39, 0.29) is 16.1 Å². The summed E-state index contributed by atoms with van der Waals surface area (Å²) in [5.41, 5.74) is 0.198. The van der Waals surface area contributed by atoms with E-state index in [4.69, 9.17) is 11.6 Å². The van der Waals surface area contributed by atoms with Gasteiger partial charge in [-0.2, -0.15) is 0 Å². The molecule has 1 aliphatic carbocycles. The lowest BCUT2D eigenvalue weighted by atomic mass is 9.84. The Bertz CT molecular complexity index is 773. The van der Waals surface area contributed by atoms with Gasteiger partial charge in [-0.15, -0.1) is 11.3 Å². The number of amides is 2. The summed E-state index contributed by atoms with van der Waals surface area (Å²) in [6.45, 7) is 0.434. The summed E-state index contributed by atoms with van der Waals surface area (Å²) in [6, 6.07) is 7.86. The van der Waals surface area contributed by atoms with Crippen LogP contribution in [-0.4, -0.2) is 18.4 Å². The van der Waals surface area contributed by atoms with Crippen molar-refractivity contribution in [3.05, 3.63) is 51.4 Å². The molecule has 2 aromatic rings. The van der Waals surface area contributed by atoms with E-state index in [2.05, 4.69) is 16.7 Å². The van der Waals surface area contributed by atoms with E-state index in [9.17, 15) is 14.0 Å². The van der Waals surface area contributed by atoms with Crippen LogP contribution in [0.15, 0.2) is 35.7 Å². The largest absolute Gasteiger partial charge is 0.347 e. The summed E-state index contributed by atoms with van der Waals surface area (Å²) in [4.78, 5) is 25.4. The number of hydrogen-bond acceptors (Lipinski definition) is 3. The fraction of sp³-hybridized carbons (Fsp3) is 0.333. The van der Waals surface area contributed by atoms with Crippen LogP contribution in [0.1, 0.15) is 30.6 Å². The monoisotopic (exact) mass is 380 g/mol. The summed E-state index contributed by atoms with van der Waals surface area (Å²) in [7, 11) is 0. The second-order valence-corrected chi connectivity index (χ2v) is 7.59. The summed E-state index contributed by atoms with van der Waals surface area (Å²) >= 11 is 7.36. The van der Waals surface area contributed by atoms with Gasteiger partial charge in [0.2, 0.25) is 0 Å². The van der Waals surface area contributed by atoms with Crippen LogP contribution in [0.5, 0.6) is 0 Å². The van der Waals surface area contributed by atoms with E-state index >= 15 is 0 Å². The van der Waals surface area contributed by atoms with Gasteiger partial charge in [0.15, 0.2) is 0 Å². The Morgan fingerprint density at radius 2 is 1.96 bits per heavy atom. The maximum absolute atomic E-state index is 13.1. The Hall–Kier alpha value is -1.92. The van der Waals surface area contributed by atoms with Gasteiger partial charge in [0.1, 0.15) is 5.82 Å². The van der Waals surface area contributed by atoms with Crippen molar-refractivity contribution in [2.24, 2.45) is 0 Å². The topological polar surface area (TPSA) is 58.2 Å². The van der Waals surface area contributed by atoms with Crippen molar-refractivity contribution in [1.29, 1.82) is 0 Å². The number of nitrogens with one attached hydrogen (secondary N) is 2. The van der Waals surface area contributed by atoms with E-state index in [0.29, 0.717) is 6.54 Å². The molecule has 1 aromatic carbocycles. The lowest BCUT2D eigenvalue weighted by molar-refractivity contribution is -0.136. The Labute approximate surface area is 154 Å². The second-order valence-electron chi connectivity index (χ2n) is 6.23. The highest BCUT2D eigenvalue weighted by atomic mass is 35.5. The molecule has 4 nitrogen and oxygen atoms in total. The van der Waals surface area contributed by atoms with Crippen molar-refractivity contribution >= 4 is 40.4 Å². The van der Waals surface area contributed by atoms with Crippen LogP contribution in [0.4, 0.5) is 10.1 Å². The SMILES string of the molecule is O=C(NCC1(c2cccs2)CCCC1)C(=O)Nc1ccc(F)c(Cl)c1. The van der Waals surface area contributed by atoms with Crippen molar-refractivity contribution in [2.75, 3.05) is 11.9 Å². The van der Waals surface area contributed by atoms with Gasteiger partial charge in [-0.3, -0.25) is 9.59 Å². The Morgan fingerprint density at radius 3 is 2.60 bits per heavy atom. The molecule has 0 unspecified atom stereocenters. The molecule has 0 radical (unpaired) electrons. The average Bonchev–Trinajstić information content (AvgIpc) is 3.27. The fourth-order valence-electron chi connectivity index (χ4n) is 3.23. The second kappa shape index (κ2) is 7.54. The standard InChI is InChI=1S/C18H18ClFN2O2S/c19-13-10-12(5-6-14(13)20)22-17(24)16(23)21-11-18(7-1-2-8-18)15-4-3-9-25-15/h3-6,9-10H,1-2,7-8,11H2,(H,21,23)(H,22,24). The van der Waals surface area contributed by atoms with Crippen molar-refractivity contribution < 1.29 is 14.0 Å². The first kappa shape index (κ1) is 17.9. The quantitative estimate of drug-likeness (QED) is 0.784. The third-order valence-electron chi connectivity index (χ3n) is 4.58. The van der Waals surface area contributed by atoms with Gasteiger partial charge < -0.3 is 10.6 Å². The van der Waals surface area contributed by atoms with E-state index in [1.54, 1.807) is 11.3 Å². The van der Waals surface area contributed by atoms with Crippen LogP contribution in [0, 0.1) is 5.82 Å². The molecule has 0 aliphatic heterocycles. The predicted octanol–water partition coefficient (Wildman–Crippen LogP) is 4.11. The molecule has 1 heterocycles. The molecule has 7 heteroatoms. The molecule has 1 fully saturated rings. The molecular formula is C18H18ClFN2O2S. The van der Waals surface area contributed by atoms with Crippen LogP contribution in [0.25, 0.3) is 0 Å². The van der Waals surface area contributed by atoms with Crippen LogP contribution in [0.3, 0.4) is 0 Å². The first-order valence-electron chi connectivity index (χ1n) is 8.08. The highest BCUT2D eigenvalue weighted by Crippen LogP contribution is 2.42. The number of anilines is 1. The number of benzene rings is 1. The normalized spacial score (nSPS) is 15.8. The van der Waals surface area contributed by atoms with E-state index in [0.717, 1.165) is 31.7 Å². The molecule has 1 aliphatic rings. The third kappa shape index (κ3) is 4.02. The fourth-order valence-corrected chi connectivity index (χ4v) is 4.40. The zero-order valence-electron chi connectivity index (χ0n) is 13.5. The number of hydrogen-bond donors (Lipinski definition) is 2. The summed E-state index contributed by atoms with van der Waals surface area (Å²) in [6.07, 6.45) is 4.24.